The second-order valence-corrected chi connectivity index (χ2v) is 7.88. The standard InChI is InChI=1S/C14H26N3O6P/c1-16-14(20)11(7-8-12(15)18)17-13(19)9-3-5-10(6-4-9)23-24(2,21)22/h9-11H,3-8H2,1-2H3,(H2,15,18)(H,16,20)(H,17,19)(H,21,22). The molecule has 1 rings (SSSR count). The highest BCUT2D eigenvalue weighted by Gasteiger charge is 2.31. The van der Waals surface area contributed by atoms with E-state index in [1.807, 2.05) is 0 Å². The van der Waals surface area contributed by atoms with E-state index in [2.05, 4.69) is 10.6 Å². The molecule has 1 aliphatic carbocycles. The van der Waals surface area contributed by atoms with Crippen LogP contribution in [0.3, 0.4) is 0 Å². The lowest BCUT2D eigenvalue weighted by molar-refractivity contribution is -0.132. The number of amides is 3. The van der Waals surface area contributed by atoms with Crippen LogP contribution in [-0.4, -0.2) is 48.5 Å². The van der Waals surface area contributed by atoms with E-state index < -0.39 is 19.5 Å². The Balaban J connectivity index is 2.52. The van der Waals surface area contributed by atoms with Crippen LogP contribution in [0.25, 0.3) is 0 Å². The van der Waals surface area contributed by atoms with Crippen LogP contribution in [-0.2, 0) is 23.5 Å². The summed E-state index contributed by atoms with van der Waals surface area (Å²) in [4.78, 5) is 44.2. The van der Waals surface area contributed by atoms with E-state index in [0.717, 1.165) is 6.66 Å². The van der Waals surface area contributed by atoms with Gasteiger partial charge in [-0.3, -0.25) is 18.9 Å². The average molecular weight is 363 g/mol. The molecule has 0 spiro atoms. The third-order valence-electron chi connectivity index (χ3n) is 3.95. The molecule has 0 radical (unpaired) electrons. The first kappa shape index (κ1) is 20.6. The van der Waals surface area contributed by atoms with Gasteiger partial charge < -0.3 is 25.8 Å². The van der Waals surface area contributed by atoms with Gasteiger partial charge in [0.1, 0.15) is 6.04 Å². The summed E-state index contributed by atoms with van der Waals surface area (Å²) in [5, 5.41) is 5.10. The second kappa shape index (κ2) is 9.15. The maximum Gasteiger partial charge on any atom is 0.325 e. The van der Waals surface area contributed by atoms with Crippen LogP contribution in [0, 0.1) is 5.92 Å². The predicted octanol–water partition coefficient (Wildman–Crippen LogP) is -0.127. The Hall–Kier alpha value is -1.44. The Labute approximate surface area is 141 Å². The summed E-state index contributed by atoms with van der Waals surface area (Å²) in [7, 11) is -2.08. The molecule has 0 aliphatic heterocycles. The Kier molecular flexibility index (Phi) is 7.86. The SMILES string of the molecule is CNC(=O)C(CCC(N)=O)NC(=O)C1CCC(OP(C)(=O)O)CC1. The first-order valence-electron chi connectivity index (χ1n) is 7.91. The smallest absolute Gasteiger partial charge is 0.325 e. The van der Waals surface area contributed by atoms with Crippen LogP contribution >= 0.6 is 7.60 Å². The van der Waals surface area contributed by atoms with Gasteiger partial charge in [0, 0.05) is 26.1 Å². The molecule has 10 heteroatoms. The summed E-state index contributed by atoms with van der Waals surface area (Å²) in [5.74, 6) is -1.48. The normalized spacial score (nSPS) is 24.5. The monoisotopic (exact) mass is 363 g/mol. The van der Waals surface area contributed by atoms with Crippen LogP contribution < -0.4 is 16.4 Å². The fraction of sp³-hybridized carbons (Fsp3) is 0.786. The van der Waals surface area contributed by atoms with E-state index >= 15 is 0 Å². The first-order chi connectivity index (χ1) is 11.1. The lowest BCUT2D eigenvalue weighted by Crippen LogP contribution is -2.48. The van der Waals surface area contributed by atoms with E-state index in [1.165, 1.54) is 7.05 Å². The molecule has 0 heterocycles. The van der Waals surface area contributed by atoms with Crippen molar-refractivity contribution < 1.29 is 28.4 Å². The van der Waals surface area contributed by atoms with Crippen LogP contribution in [0.2, 0.25) is 0 Å². The highest BCUT2D eigenvalue weighted by atomic mass is 31.2. The van der Waals surface area contributed by atoms with E-state index in [-0.39, 0.29) is 36.7 Å². The molecule has 5 N–H and O–H groups in total. The molecule has 2 atom stereocenters. The highest BCUT2D eigenvalue weighted by molar-refractivity contribution is 7.51. The zero-order valence-corrected chi connectivity index (χ0v) is 14.9. The maximum absolute atomic E-state index is 12.3. The van der Waals surface area contributed by atoms with Gasteiger partial charge >= 0.3 is 7.60 Å². The summed E-state index contributed by atoms with van der Waals surface area (Å²) in [6.45, 7) is 1.14. The molecular weight excluding hydrogens is 337 g/mol. The number of nitrogens with two attached hydrogens (primary N) is 1. The number of primary amides is 1. The lowest BCUT2D eigenvalue weighted by Gasteiger charge is -2.29. The zero-order valence-electron chi connectivity index (χ0n) is 14.0. The minimum absolute atomic E-state index is 0.00122. The van der Waals surface area contributed by atoms with Crippen LogP contribution in [0.4, 0.5) is 0 Å². The summed E-state index contributed by atoms with van der Waals surface area (Å²) in [5.41, 5.74) is 5.08. The summed E-state index contributed by atoms with van der Waals surface area (Å²) in [6.07, 6.45) is 1.83. The number of carbonyl (C=O) groups is 3. The topological polar surface area (TPSA) is 148 Å². The summed E-state index contributed by atoms with van der Waals surface area (Å²) in [6, 6.07) is -0.808. The fourth-order valence-corrected chi connectivity index (χ4v) is 3.49. The van der Waals surface area contributed by atoms with Gasteiger partial charge in [0.15, 0.2) is 0 Å². The van der Waals surface area contributed by atoms with Crippen molar-refractivity contribution in [1.82, 2.24) is 10.6 Å². The lowest BCUT2D eigenvalue weighted by atomic mass is 9.86. The molecule has 3 amide bonds. The van der Waals surface area contributed by atoms with E-state index in [9.17, 15) is 23.8 Å². The van der Waals surface area contributed by atoms with Gasteiger partial charge in [0.25, 0.3) is 0 Å². The van der Waals surface area contributed by atoms with Gasteiger partial charge in [0.2, 0.25) is 17.7 Å². The zero-order chi connectivity index (χ0) is 18.3. The van der Waals surface area contributed by atoms with Gasteiger partial charge in [-0.05, 0) is 32.1 Å². The number of likely N-dealkylation sites (N-methyl/N-ethyl adjacent to an activating group) is 1. The van der Waals surface area contributed by atoms with Gasteiger partial charge in [-0.1, -0.05) is 0 Å². The molecule has 1 aliphatic rings. The number of hydrogen-bond acceptors (Lipinski definition) is 5. The number of hydrogen-bond donors (Lipinski definition) is 4. The summed E-state index contributed by atoms with van der Waals surface area (Å²) >= 11 is 0. The minimum Gasteiger partial charge on any atom is -0.370 e. The van der Waals surface area contributed by atoms with Gasteiger partial charge in [-0.25, -0.2) is 0 Å². The molecule has 9 nitrogen and oxygen atoms in total. The average Bonchev–Trinajstić information content (AvgIpc) is 2.49. The van der Waals surface area contributed by atoms with Crippen molar-refractivity contribution in [3.63, 3.8) is 0 Å². The molecule has 138 valence electrons. The number of carbonyl (C=O) groups excluding carboxylic acids is 3. The van der Waals surface area contributed by atoms with Gasteiger partial charge in [0.05, 0.1) is 6.10 Å². The molecule has 0 aromatic carbocycles. The van der Waals surface area contributed by atoms with Crippen LogP contribution in [0.1, 0.15) is 38.5 Å². The predicted molar refractivity (Wildman–Crippen MR) is 87.0 cm³/mol. The maximum atomic E-state index is 12.3. The molecule has 0 aromatic heterocycles. The van der Waals surface area contributed by atoms with Crippen LogP contribution in [0.5, 0.6) is 0 Å². The molecule has 0 aromatic rings. The van der Waals surface area contributed by atoms with E-state index in [4.69, 9.17) is 10.3 Å². The van der Waals surface area contributed by atoms with Crippen LogP contribution in [0.15, 0.2) is 0 Å². The first-order valence-corrected chi connectivity index (χ1v) is 9.93. The van der Waals surface area contributed by atoms with Gasteiger partial charge in [-0.15, -0.1) is 0 Å². The van der Waals surface area contributed by atoms with Crippen molar-refractivity contribution in [3.8, 4) is 0 Å². The van der Waals surface area contributed by atoms with E-state index in [1.54, 1.807) is 0 Å². The molecule has 0 saturated heterocycles. The van der Waals surface area contributed by atoms with Crippen molar-refractivity contribution in [3.05, 3.63) is 0 Å². The largest absolute Gasteiger partial charge is 0.370 e. The number of rotatable bonds is 8. The van der Waals surface area contributed by atoms with E-state index in [0.29, 0.717) is 25.7 Å². The summed E-state index contributed by atoms with van der Waals surface area (Å²) < 4.78 is 16.3. The molecule has 1 fully saturated rings. The minimum atomic E-state index is -3.53. The van der Waals surface area contributed by atoms with Crippen molar-refractivity contribution in [2.45, 2.75) is 50.7 Å². The Bertz CT molecular complexity index is 513. The third kappa shape index (κ3) is 7.42. The van der Waals surface area contributed by atoms with Crippen molar-refractivity contribution >= 4 is 25.3 Å². The molecule has 0 bridgehead atoms. The van der Waals surface area contributed by atoms with Gasteiger partial charge in [-0.2, -0.15) is 0 Å². The Morgan fingerprint density at radius 1 is 1.29 bits per heavy atom. The quantitative estimate of drug-likeness (QED) is 0.442. The second-order valence-electron chi connectivity index (χ2n) is 6.06. The Morgan fingerprint density at radius 2 is 1.88 bits per heavy atom. The van der Waals surface area contributed by atoms with Crippen molar-refractivity contribution in [1.29, 1.82) is 0 Å². The van der Waals surface area contributed by atoms with Crippen molar-refractivity contribution in [2.24, 2.45) is 11.7 Å². The molecule has 24 heavy (non-hydrogen) atoms. The number of nitrogens with one attached hydrogen (secondary N) is 2. The van der Waals surface area contributed by atoms with Crippen molar-refractivity contribution in [2.75, 3.05) is 13.7 Å². The Morgan fingerprint density at radius 3 is 2.33 bits per heavy atom. The fourth-order valence-electron chi connectivity index (χ4n) is 2.73. The molecule has 1 saturated carbocycles. The third-order valence-corrected chi connectivity index (χ3v) is 4.64. The molecule has 2 unspecified atom stereocenters. The highest BCUT2D eigenvalue weighted by Crippen LogP contribution is 2.42. The molecular formula is C14H26N3O6P.